The summed E-state index contributed by atoms with van der Waals surface area (Å²) in [7, 11) is 1.55. The summed E-state index contributed by atoms with van der Waals surface area (Å²) in [6.45, 7) is 1.90. The molecule has 0 saturated heterocycles. The maximum atomic E-state index is 4.84. The molecule has 1 aromatic heterocycles. The molecular formula is C6H8N2OS. The Kier molecular flexibility index (Phi) is 2.01. The first-order valence-electron chi connectivity index (χ1n) is 2.84. The van der Waals surface area contributed by atoms with Crippen molar-refractivity contribution in [3.8, 4) is 6.01 Å². The van der Waals surface area contributed by atoms with Crippen molar-refractivity contribution in [3.63, 3.8) is 0 Å². The van der Waals surface area contributed by atoms with E-state index in [1.165, 1.54) is 0 Å². The highest BCUT2D eigenvalue weighted by Gasteiger charge is 1.91. The summed E-state index contributed by atoms with van der Waals surface area (Å²) in [5.41, 5.74) is 0.955. The number of ether oxygens (including phenoxy) is 1. The van der Waals surface area contributed by atoms with Gasteiger partial charge in [0.05, 0.1) is 7.11 Å². The Morgan fingerprint density at radius 3 is 2.90 bits per heavy atom. The van der Waals surface area contributed by atoms with Crippen LogP contribution in [0.3, 0.4) is 0 Å². The van der Waals surface area contributed by atoms with Gasteiger partial charge in [-0.15, -0.1) is 0 Å². The largest absolute Gasteiger partial charge is 0.468 e. The first-order chi connectivity index (χ1) is 4.72. The number of aromatic nitrogens is 2. The molecule has 54 valence electrons. The Labute approximate surface area is 64.1 Å². The van der Waals surface area contributed by atoms with Gasteiger partial charge in [-0.3, -0.25) is 0 Å². The van der Waals surface area contributed by atoms with E-state index in [0.29, 0.717) is 10.7 Å². The minimum absolute atomic E-state index is 0.463. The van der Waals surface area contributed by atoms with Gasteiger partial charge in [0.1, 0.15) is 4.64 Å². The van der Waals surface area contributed by atoms with Crippen molar-refractivity contribution in [1.29, 1.82) is 0 Å². The second-order valence-electron chi connectivity index (χ2n) is 1.91. The zero-order valence-electron chi connectivity index (χ0n) is 5.84. The molecule has 0 aromatic carbocycles. The van der Waals surface area contributed by atoms with Crippen molar-refractivity contribution in [2.24, 2.45) is 0 Å². The fourth-order valence-electron chi connectivity index (χ4n) is 0.647. The van der Waals surface area contributed by atoms with Crippen LogP contribution in [0.2, 0.25) is 0 Å². The van der Waals surface area contributed by atoms with Gasteiger partial charge in [0, 0.05) is 5.69 Å². The average Bonchev–Trinajstić information content (AvgIpc) is 1.85. The van der Waals surface area contributed by atoms with Crippen molar-refractivity contribution in [2.45, 2.75) is 6.92 Å². The fraction of sp³-hybridized carbons (Fsp3) is 0.333. The lowest BCUT2D eigenvalue weighted by Crippen LogP contribution is -1.92. The summed E-state index contributed by atoms with van der Waals surface area (Å²) in [5.74, 6) is 0. The van der Waals surface area contributed by atoms with Gasteiger partial charge >= 0.3 is 0 Å². The quantitative estimate of drug-likeness (QED) is 0.625. The molecular weight excluding hydrogens is 148 g/mol. The zero-order chi connectivity index (χ0) is 7.56. The van der Waals surface area contributed by atoms with E-state index >= 15 is 0 Å². The van der Waals surface area contributed by atoms with Crippen LogP contribution in [-0.2, 0) is 0 Å². The van der Waals surface area contributed by atoms with Gasteiger partial charge in [0.15, 0.2) is 0 Å². The molecule has 0 radical (unpaired) electrons. The van der Waals surface area contributed by atoms with Crippen molar-refractivity contribution >= 4 is 12.2 Å². The molecule has 0 fully saturated rings. The molecule has 0 bridgehead atoms. The number of methoxy groups -OCH3 is 1. The van der Waals surface area contributed by atoms with Crippen molar-refractivity contribution < 1.29 is 4.74 Å². The van der Waals surface area contributed by atoms with E-state index in [1.54, 1.807) is 13.2 Å². The van der Waals surface area contributed by atoms with Crippen LogP contribution in [0.15, 0.2) is 6.07 Å². The SMILES string of the molecule is COc1nc(=S)cc(C)[nH]1. The molecule has 0 aliphatic carbocycles. The van der Waals surface area contributed by atoms with E-state index in [4.69, 9.17) is 17.0 Å². The third kappa shape index (κ3) is 1.54. The molecule has 1 rings (SSSR count). The normalized spacial score (nSPS) is 9.40. The van der Waals surface area contributed by atoms with E-state index in [-0.39, 0.29) is 0 Å². The smallest absolute Gasteiger partial charge is 0.294 e. The molecule has 0 spiro atoms. The Morgan fingerprint density at radius 1 is 1.70 bits per heavy atom. The summed E-state index contributed by atoms with van der Waals surface area (Å²) in [5, 5.41) is 0. The van der Waals surface area contributed by atoms with Crippen molar-refractivity contribution in [2.75, 3.05) is 7.11 Å². The van der Waals surface area contributed by atoms with Gasteiger partial charge in [-0.1, -0.05) is 12.2 Å². The zero-order valence-corrected chi connectivity index (χ0v) is 6.66. The molecule has 3 nitrogen and oxygen atoms in total. The highest BCUT2D eigenvalue weighted by molar-refractivity contribution is 7.71. The van der Waals surface area contributed by atoms with E-state index < -0.39 is 0 Å². The standard InChI is InChI=1S/C6H8N2OS/c1-4-3-5(10)8-6(7-4)9-2/h3H,1-2H3,(H,7,8,10). The van der Waals surface area contributed by atoms with Crippen molar-refractivity contribution in [1.82, 2.24) is 9.97 Å². The Bertz CT molecular complexity index is 281. The first-order valence-corrected chi connectivity index (χ1v) is 3.25. The Morgan fingerprint density at radius 2 is 2.40 bits per heavy atom. The summed E-state index contributed by atoms with van der Waals surface area (Å²) >= 11 is 4.84. The molecule has 4 heteroatoms. The molecule has 10 heavy (non-hydrogen) atoms. The number of aryl methyl sites for hydroxylation is 1. The fourth-order valence-corrected chi connectivity index (χ4v) is 0.907. The molecule has 0 aliphatic heterocycles. The summed E-state index contributed by atoms with van der Waals surface area (Å²) in [4.78, 5) is 6.79. The molecule has 0 saturated carbocycles. The first kappa shape index (κ1) is 7.21. The second-order valence-corrected chi connectivity index (χ2v) is 2.33. The monoisotopic (exact) mass is 156 g/mol. The molecule has 0 atom stereocenters. The lowest BCUT2D eigenvalue weighted by atomic mass is 10.5. The van der Waals surface area contributed by atoms with Gasteiger partial charge in [-0.2, -0.15) is 4.98 Å². The number of hydrogen-bond acceptors (Lipinski definition) is 3. The maximum Gasteiger partial charge on any atom is 0.294 e. The van der Waals surface area contributed by atoms with Crippen molar-refractivity contribution in [3.05, 3.63) is 16.4 Å². The number of nitrogens with zero attached hydrogens (tertiary/aromatic N) is 1. The van der Waals surface area contributed by atoms with Crippen LogP contribution in [0.1, 0.15) is 5.69 Å². The molecule has 0 aliphatic rings. The molecule has 1 heterocycles. The highest BCUT2D eigenvalue weighted by atomic mass is 32.1. The third-order valence-corrected chi connectivity index (χ3v) is 1.26. The van der Waals surface area contributed by atoms with E-state index in [0.717, 1.165) is 5.69 Å². The van der Waals surface area contributed by atoms with Crippen LogP contribution >= 0.6 is 12.2 Å². The molecule has 1 aromatic rings. The molecule has 0 amide bonds. The maximum absolute atomic E-state index is 4.84. The summed E-state index contributed by atoms with van der Waals surface area (Å²) in [6, 6.07) is 2.24. The number of rotatable bonds is 1. The highest BCUT2D eigenvalue weighted by Crippen LogP contribution is 2.01. The van der Waals surface area contributed by atoms with E-state index in [9.17, 15) is 0 Å². The number of H-pyrrole nitrogens is 1. The number of aromatic amines is 1. The van der Waals surface area contributed by atoms with E-state index in [1.807, 2.05) is 6.92 Å². The van der Waals surface area contributed by atoms with Crippen LogP contribution in [0.5, 0.6) is 6.01 Å². The topological polar surface area (TPSA) is 37.9 Å². The van der Waals surface area contributed by atoms with Crippen LogP contribution in [-0.4, -0.2) is 17.1 Å². The van der Waals surface area contributed by atoms with Crippen LogP contribution in [0.4, 0.5) is 0 Å². The number of nitrogens with one attached hydrogen (secondary N) is 1. The van der Waals surface area contributed by atoms with Gasteiger partial charge in [0.2, 0.25) is 0 Å². The minimum Gasteiger partial charge on any atom is -0.468 e. The van der Waals surface area contributed by atoms with Gasteiger partial charge in [-0.25, -0.2) is 0 Å². The van der Waals surface area contributed by atoms with Crippen LogP contribution in [0, 0.1) is 11.6 Å². The lowest BCUT2D eigenvalue weighted by molar-refractivity contribution is 0.378. The number of hydrogen-bond donors (Lipinski definition) is 1. The van der Waals surface area contributed by atoms with Gasteiger partial charge < -0.3 is 9.72 Å². The van der Waals surface area contributed by atoms with Crippen LogP contribution in [0.25, 0.3) is 0 Å². The Hall–Kier alpha value is -0.900. The van der Waals surface area contributed by atoms with Gasteiger partial charge in [0.25, 0.3) is 6.01 Å². The third-order valence-electron chi connectivity index (χ3n) is 1.05. The average molecular weight is 156 g/mol. The summed E-state index contributed by atoms with van der Waals surface area (Å²) in [6.07, 6.45) is 0. The minimum atomic E-state index is 0.463. The second kappa shape index (κ2) is 2.79. The predicted octanol–water partition coefficient (Wildman–Crippen LogP) is 1.46. The molecule has 1 N–H and O–H groups in total. The predicted molar refractivity (Wildman–Crippen MR) is 40.7 cm³/mol. The van der Waals surface area contributed by atoms with Crippen LogP contribution < -0.4 is 4.74 Å². The van der Waals surface area contributed by atoms with E-state index in [2.05, 4.69) is 9.97 Å². The van der Waals surface area contributed by atoms with Gasteiger partial charge in [-0.05, 0) is 13.0 Å². The summed E-state index contributed by atoms with van der Waals surface area (Å²) < 4.78 is 5.39. The Balaban J connectivity index is 3.19. The molecule has 0 unspecified atom stereocenters. The lowest BCUT2D eigenvalue weighted by Gasteiger charge is -1.98.